The summed E-state index contributed by atoms with van der Waals surface area (Å²) in [5, 5.41) is 7.09. The van der Waals surface area contributed by atoms with Gasteiger partial charge in [0.1, 0.15) is 22.3 Å². The zero-order valence-corrected chi connectivity index (χ0v) is 28.7. The number of nitrogens with zero attached hydrogens (tertiary/aromatic N) is 1. The summed E-state index contributed by atoms with van der Waals surface area (Å²) in [5.41, 5.74) is 11.6. The predicted molar refractivity (Wildman–Crippen MR) is 219 cm³/mol. The van der Waals surface area contributed by atoms with Gasteiger partial charge in [-0.3, -0.25) is 0 Å². The SMILES string of the molecule is c1ccc2c(c1)oc1ccc(-c3ccc(N(c4ccc(-c5ccc6oc7ccccc7c6c5)cc4)c4cccc5sc6ccccc6c45)cc3)cc12. The van der Waals surface area contributed by atoms with Crippen molar-refractivity contribution in [3.8, 4) is 22.3 Å². The molecule has 244 valence electrons. The van der Waals surface area contributed by atoms with E-state index < -0.39 is 0 Å². The van der Waals surface area contributed by atoms with Gasteiger partial charge in [0, 0.05) is 53.1 Å². The molecule has 11 rings (SSSR count). The molecule has 11 aromatic rings. The maximum absolute atomic E-state index is 6.11. The summed E-state index contributed by atoms with van der Waals surface area (Å²) in [5.74, 6) is 0. The lowest BCUT2D eigenvalue weighted by molar-refractivity contribution is 0.668. The van der Waals surface area contributed by atoms with Crippen LogP contribution in [0.2, 0.25) is 0 Å². The van der Waals surface area contributed by atoms with E-state index in [0.29, 0.717) is 0 Å². The van der Waals surface area contributed by atoms with Crippen LogP contribution in [0.4, 0.5) is 17.1 Å². The molecule has 8 aromatic carbocycles. The fourth-order valence-electron chi connectivity index (χ4n) is 7.79. The highest BCUT2D eigenvalue weighted by molar-refractivity contribution is 7.26. The molecule has 52 heavy (non-hydrogen) atoms. The van der Waals surface area contributed by atoms with Crippen LogP contribution in [-0.2, 0) is 0 Å². The number of hydrogen-bond donors (Lipinski definition) is 0. The summed E-state index contributed by atoms with van der Waals surface area (Å²) in [4.78, 5) is 2.40. The highest BCUT2D eigenvalue weighted by atomic mass is 32.1. The Bertz CT molecular complexity index is 2970. The molecule has 0 saturated heterocycles. The number of fused-ring (bicyclic) bond motifs is 9. The molecule has 0 N–H and O–H groups in total. The van der Waals surface area contributed by atoms with Crippen molar-refractivity contribution in [1.29, 1.82) is 0 Å². The molecule has 0 aliphatic carbocycles. The van der Waals surface area contributed by atoms with Crippen LogP contribution in [0.1, 0.15) is 0 Å². The predicted octanol–water partition coefficient (Wildman–Crippen LogP) is 14.7. The third-order valence-electron chi connectivity index (χ3n) is 10.3. The van der Waals surface area contributed by atoms with Crippen LogP contribution >= 0.6 is 11.3 Å². The first kappa shape index (κ1) is 29.1. The Morgan fingerprint density at radius 1 is 0.346 bits per heavy atom. The maximum Gasteiger partial charge on any atom is 0.135 e. The fraction of sp³-hybridized carbons (Fsp3) is 0. The summed E-state index contributed by atoms with van der Waals surface area (Å²) in [6.07, 6.45) is 0. The van der Waals surface area contributed by atoms with Crippen molar-refractivity contribution < 1.29 is 8.83 Å². The van der Waals surface area contributed by atoms with Gasteiger partial charge in [0.25, 0.3) is 0 Å². The van der Waals surface area contributed by atoms with Gasteiger partial charge in [-0.25, -0.2) is 0 Å². The van der Waals surface area contributed by atoms with Gasteiger partial charge in [0.15, 0.2) is 0 Å². The molecule has 0 aliphatic rings. The van der Waals surface area contributed by atoms with Crippen LogP contribution in [-0.4, -0.2) is 0 Å². The van der Waals surface area contributed by atoms with E-state index in [-0.39, 0.29) is 0 Å². The van der Waals surface area contributed by atoms with E-state index in [1.165, 1.54) is 20.2 Å². The molecule has 3 heterocycles. The van der Waals surface area contributed by atoms with E-state index >= 15 is 0 Å². The van der Waals surface area contributed by atoms with Gasteiger partial charge >= 0.3 is 0 Å². The standard InChI is InChI=1S/C48H29NO2S/c1-4-12-42-36(8-1)39-28-32(20-26-44(39)50-42)30-16-22-34(23-17-30)49(41-11-7-15-47-48(41)38-10-3-6-14-46(38)52-47)35-24-18-31(19-25-35)33-21-27-45-40(29-33)37-9-2-5-13-43(37)51-45/h1-29H. The Kier molecular flexibility index (Phi) is 6.42. The number of furan rings is 2. The van der Waals surface area contributed by atoms with E-state index in [4.69, 9.17) is 8.83 Å². The first-order valence-corrected chi connectivity index (χ1v) is 18.3. The van der Waals surface area contributed by atoms with Gasteiger partial charge in [-0.2, -0.15) is 0 Å². The van der Waals surface area contributed by atoms with Crippen LogP contribution in [0, 0.1) is 0 Å². The van der Waals surface area contributed by atoms with E-state index in [1.807, 2.05) is 35.6 Å². The van der Waals surface area contributed by atoms with Crippen molar-refractivity contribution >= 4 is 92.4 Å². The van der Waals surface area contributed by atoms with Crippen molar-refractivity contribution in [3.63, 3.8) is 0 Å². The molecule has 0 atom stereocenters. The van der Waals surface area contributed by atoms with Crippen molar-refractivity contribution in [1.82, 2.24) is 0 Å². The normalized spacial score (nSPS) is 11.8. The molecule has 0 unspecified atom stereocenters. The smallest absolute Gasteiger partial charge is 0.135 e. The number of anilines is 3. The minimum Gasteiger partial charge on any atom is -0.456 e. The first-order chi connectivity index (χ1) is 25.7. The lowest BCUT2D eigenvalue weighted by Crippen LogP contribution is -2.10. The molecule has 0 saturated carbocycles. The van der Waals surface area contributed by atoms with Crippen LogP contribution in [0.3, 0.4) is 0 Å². The largest absolute Gasteiger partial charge is 0.456 e. The number of benzene rings is 8. The molecule has 3 nitrogen and oxygen atoms in total. The molecule has 0 bridgehead atoms. The quantitative estimate of drug-likeness (QED) is 0.181. The van der Waals surface area contributed by atoms with Crippen LogP contribution in [0.25, 0.3) is 86.3 Å². The fourth-order valence-corrected chi connectivity index (χ4v) is 8.91. The lowest BCUT2D eigenvalue weighted by atomic mass is 10.0. The molecule has 0 spiro atoms. The number of para-hydroxylation sites is 2. The van der Waals surface area contributed by atoms with Crippen molar-refractivity contribution in [2.75, 3.05) is 4.90 Å². The van der Waals surface area contributed by atoms with Gasteiger partial charge in [-0.05, 0) is 101 Å². The maximum atomic E-state index is 6.11. The molecule has 0 amide bonds. The lowest BCUT2D eigenvalue weighted by Gasteiger charge is -2.27. The minimum absolute atomic E-state index is 0.908. The third-order valence-corrected chi connectivity index (χ3v) is 11.4. The van der Waals surface area contributed by atoms with Gasteiger partial charge in [-0.1, -0.05) is 97.1 Å². The Balaban J connectivity index is 1.03. The van der Waals surface area contributed by atoms with Gasteiger partial charge in [0.2, 0.25) is 0 Å². The molecule has 0 fully saturated rings. The van der Waals surface area contributed by atoms with Gasteiger partial charge in [-0.15, -0.1) is 11.3 Å². The topological polar surface area (TPSA) is 29.5 Å². The zero-order valence-electron chi connectivity index (χ0n) is 27.9. The Morgan fingerprint density at radius 2 is 0.808 bits per heavy atom. The Morgan fingerprint density at radius 3 is 1.38 bits per heavy atom. The van der Waals surface area contributed by atoms with Crippen LogP contribution in [0.5, 0.6) is 0 Å². The van der Waals surface area contributed by atoms with E-state index in [9.17, 15) is 0 Å². The summed E-state index contributed by atoms with van der Waals surface area (Å²) in [7, 11) is 0. The average Bonchev–Trinajstić information content (AvgIpc) is 3.89. The van der Waals surface area contributed by atoms with E-state index in [2.05, 4.69) is 157 Å². The minimum atomic E-state index is 0.908. The van der Waals surface area contributed by atoms with Gasteiger partial charge in [0.05, 0.1) is 5.69 Å². The van der Waals surface area contributed by atoms with E-state index in [0.717, 1.165) is 83.2 Å². The van der Waals surface area contributed by atoms with Crippen molar-refractivity contribution in [2.24, 2.45) is 0 Å². The highest BCUT2D eigenvalue weighted by Crippen LogP contribution is 2.45. The first-order valence-electron chi connectivity index (χ1n) is 17.5. The molecular weight excluding hydrogens is 655 g/mol. The Labute approximate surface area is 303 Å². The van der Waals surface area contributed by atoms with Gasteiger partial charge < -0.3 is 13.7 Å². The number of rotatable bonds is 5. The second-order valence-electron chi connectivity index (χ2n) is 13.3. The third kappa shape index (κ3) is 4.58. The second kappa shape index (κ2) is 11.5. The zero-order chi connectivity index (χ0) is 34.2. The monoisotopic (exact) mass is 683 g/mol. The number of thiophene rings is 1. The average molecular weight is 684 g/mol. The molecule has 4 heteroatoms. The molecule has 0 radical (unpaired) electrons. The molecule has 0 aliphatic heterocycles. The second-order valence-corrected chi connectivity index (χ2v) is 14.4. The summed E-state index contributed by atoms with van der Waals surface area (Å²) in [6.45, 7) is 0. The van der Waals surface area contributed by atoms with Crippen molar-refractivity contribution in [2.45, 2.75) is 0 Å². The van der Waals surface area contributed by atoms with Crippen LogP contribution in [0.15, 0.2) is 185 Å². The Hall–Kier alpha value is -6.62. The molecular formula is C48H29NO2S. The van der Waals surface area contributed by atoms with E-state index in [1.54, 1.807) is 0 Å². The molecule has 3 aromatic heterocycles. The summed E-state index contributed by atoms with van der Waals surface area (Å²) in [6, 6.07) is 62.7. The van der Waals surface area contributed by atoms with Crippen molar-refractivity contribution in [3.05, 3.63) is 176 Å². The highest BCUT2D eigenvalue weighted by Gasteiger charge is 2.19. The van der Waals surface area contributed by atoms with Crippen LogP contribution < -0.4 is 4.90 Å². The number of hydrogen-bond acceptors (Lipinski definition) is 4. The summed E-state index contributed by atoms with van der Waals surface area (Å²) >= 11 is 1.85. The summed E-state index contributed by atoms with van der Waals surface area (Å²) < 4.78 is 14.8.